The van der Waals surface area contributed by atoms with Gasteiger partial charge in [-0.2, -0.15) is 0 Å². The molecule has 0 aliphatic carbocycles. The van der Waals surface area contributed by atoms with Gasteiger partial charge < -0.3 is 29.7 Å². The van der Waals surface area contributed by atoms with Crippen molar-refractivity contribution < 1.29 is 29.7 Å². The van der Waals surface area contributed by atoms with Crippen molar-refractivity contribution in [3.63, 3.8) is 0 Å². The van der Waals surface area contributed by atoms with Gasteiger partial charge in [0.1, 0.15) is 0 Å². The highest BCUT2D eigenvalue weighted by molar-refractivity contribution is 6.04. The molecule has 0 aromatic heterocycles. The number of rotatable bonds is 9. The van der Waals surface area contributed by atoms with Gasteiger partial charge in [0.05, 0.1) is 17.9 Å². The van der Waals surface area contributed by atoms with Crippen molar-refractivity contribution in [2.24, 2.45) is 0 Å². The first-order valence-corrected chi connectivity index (χ1v) is 6.98. The van der Waals surface area contributed by atoms with Crippen molar-refractivity contribution >= 4 is 17.9 Å². The van der Waals surface area contributed by atoms with Gasteiger partial charge in [-0.1, -0.05) is 18.2 Å². The van der Waals surface area contributed by atoms with Crippen LogP contribution in [0.4, 0.5) is 0 Å². The van der Waals surface area contributed by atoms with Crippen LogP contribution in [0.2, 0.25) is 0 Å². The van der Waals surface area contributed by atoms with E-state index in [9.17, 15) is 29.7 Å². The summed E-state index contributed by atoms with van der Waals surface area (Å²) in [7, 11) is 0. The standard InChI is InChI=1S/C18H18O6/c1-4-7-10-13(16(19)20)11(8-5-2)15(18(23)24)12(9-6-3)14(10)17(21)22/h4-6H,1-3,7-9H2,(H,19,20)(H,21,22)(H,23,24)/p-3. The molecule has 0 unspecified atom stereocenters. The van der Waals surface area contributed by atoms with Crippen molar-refractivity contribution in [1.82, 2.24) is 0 Å². The van der Waals surface area contributed by atoms with Gasteiger partial charge in [0, 0.05) is 16.7 Å². The van der Waals surface area contributed by atoms with Crippen molar-refractivity contribution in [2.45, 2.75) is 19.3 Å². The zero-order valence-electron chi connectivity index (χ0n) is 12.9. The number of allylic oxidation sites excluding steroid dienone is 3. The van der Waals surface area contributed by atoms with Gasteiger partial charge in [0.15, 0.2) is 0 Å². The summed E-state index contributed by atoms with van der Waals surface area (Å²) < 4.78 is 0. The van der Waals surface area contributed by atoms with E-state index in [0.29, 0.717) is 0 Å². The van der Waals surface area contributed by atoms with Crippen molar-refractivity contribution in [3.05, 3.63) is 71.3 Å². The number of benzene rings is 1. The predicted molar refractivity (Wildman–Crippen MR) is 81.1 cm³/mol. The summed E-state index contributed by atoms with van der Waals surface area (Å²) in [6, 6.07) is 0. The fourth-order valence-electron chi connectivity index (χ4n) is 2.71. The van der Waals surface area contributed by atoms with Crippen LogP contribution in [-0.2, 0) is 19.3 Å². The van der Waals surface area contributed by atoms with E-state index in [2.05, 4.69) is 19.7 Å². The molecule has 0 fully saturated rings. The molecule has 0 amide bonds. The topological polar surface area (TPSA) is 120 Å². The molecule has 1 aromatic rings. The van der Waals surface area contributed by atoms with Gasteiger partial charge in [0.2, 0.25) is 0 Å². The van der Waals surface area contributed by atoms with Crippen LogP contribution >= 0.6 is 0 Å². The van der Waals surface area contributed by atoms with Gasteiger partial charge in [-0.15, -0.1) is 19.7 Å². The molecule has 1 rings (SSSR count). The summed E-state index contributed by atoms with van der Waals surface area (Å²) in [5.41, 5.74) is -1.90. The van der Waals surface area contributed by atoms with E-state index in [0.717, 1.165) is 0 Å². The summed E-state index contributed by atoms with van der Waals surface area (Å²) in [4.78, 5) is 34.8. The highest BCUT2D eigenvalue weighted by Crippen LogP contribution is 2.30. The zero-order valence-corrected chi connectivity index (χ0v) is 12.9. The Kier molecular flexibility index (Phi) is 6.23. The Morgan fingerprint density at radius 1 is 0.625 bits per heavy atom. The van der Waals surface area contributed by atoms with E-state index in [1.165, 1.54) is 18.2 Å². The quantitative estimate of drug-likeness (QED) is 0.534. The number of carbonyl (C=O) groups is 3. The Hall–Kier alpha value is -3.15. The summed E-state index contributed by atoms with van der Waals surface area (Å²) in [5, 5.41) is 34.8. The van der Waals surface area contributed by atoms with Crippen molar-refractivity contribution in [2.75, 3.05) is 0 Å². The molecule has 0 aliphatic rings. The van der Waals surface area contributed by atoms with Crippen molar-refractivity contribution in [1.29, 1.82) is 0 Å². The number of hydrogen-bond donors (Lipinski definition) is 0. The molecule has 6 nitrogen and oxygen atoms in total. The maximum atomic E-state index is 11.6. The second-order valence-corrected chi connectivity index (χ2v) is 4.90. The molecular weight excluding hydrogens is 312 g/mol. The molecule has 0 atom stereocenters. The first-order valence-electron chi connectivity index (χ1n) is 6.98. The summed E-state index contributed by atoms with van der Waals surface area (Å²) >= 11 is 0. The Labute approximate surface area is 139 Å². The Balaban J connectivity index is 4.20. The fourth-order valence-corrected chi connectivity index (χ4v) is 2.71. The molecule has 0 bridgehead atoms. The van der Waals surface area contributed by atoms with Crippen LogP contribution < -0.4 is 15.3 Å². The molecule has 0 saturated heterocycles. The lowest BCUT2D eigenvalue weighted by molar-refractivity contribution is -0.255. The number of carbonyl (C=O) groups excluding carboxylic acids is 3. The minimum Gasteiger partial charge on any atom is -0.545 e. The van der Waals surface area contributed by atoms with Crippen LogP contribution in [0.1, 0.15) is 47.8 Å². The highest BCUT2D eigenvalue weighted by Gasteiger charge is 2.23. The second-order valence-electron chi connectivity index (χ2n) is 4.90. The SMILES string of the molecule is C=CCc1c(C(=O)[O-])c(CC=C)c(C(=O)[O-])c(CC=C)c1C(=O)[O-]. The third-order valence-electron chi connectivity index (χ3n) is 3.47. The zero-order chi connectivity index (χ0) is 18.4. The van der Waals surface area contributed by atoms with E-state index < -0.39 is 34.6 Å². The molecule has 6 heteroatoms. The summed E-state index contributed by atoms with van der Waals surface area (Å²) in [6.07, 6.45) is 3.57. The van der Waals surface area contributed by atoms with E-state index in [1.807, 2.05) is 0 Å². The van der Waals surface area contributed by atoms with Gasteiger partial charge in [0.25, 0.3) is 0 Å². The molecule has 0 aliphatic heterocycles. The highest BCUT2D eigenvalue weighted by atomic mass is 16.4. The van der Waals surface area contributed by atoms with Crippen molar-refractivity contribution in [3.8, 4) is 0 Å². The lowest BCUT2D eigenvalue weighted by Crippen LogP contribution is -2.35. The third kappa shape index (κ3) is 3.43. The van der Waals surface area contributed by atoms with Crippen LogP contribution in [0.15, 0.2) is 38.0 Å². The Morgan fingerprint density at radius 3 is 0.958 bits per heavy atom. The minimum absolute atomic E-state index is 0.117. The fraction of sp³-hybridized carbons (Fsp3) is 0.167. The molecule has 0 spiro atoms. The van der Waals surface area contributed by atoms with E-state index in [-0.39, 0.29) is 36.0 Å². The lowest BCUT2D eigenvalue weighted by Gasteiger charge is -2.27. The van der Waals surface area contributed by atoms with Gasteiger partial charge in [-0.3, -0.25) is 0 Å². The van der Waals surface area contributed by atoms with Gasteiger partial charge >= 0.3 is 0 Å². The number of hydrogen-bond acceptors (Lipinski definition) is 6. The Bertz CT molecular complexity index is 621. The van der Waals surface area contributed by atoms with Crippen LogP contribution in [0.5, 0.6) is 0 Å². The largest absolute Gasteiger partial charge is 0.545 e. The van der Waals surface area contributed by atoms with Crippen LogP contribution in [0, 0.1) is 0 Å². The molecule has 126 valence electrons. The van der Waals surface area contributed by atoms with Crippen LogP contribution in [0.3, 0.4) is 0 Å². The van der Waals surface area contributed by atoms with Crippen LogP contribution in [0.25, 0.3) is 0 Å². The van der Waals surface area contributed by atoms with E-state index >= 15 is 0 Å². The lowest BCUT2D eigenvalue weighted by atomic mass is 9.82. The molecule has 0 radical (unpaired) electrons. The maximum absolute atomic E-state index is 11.6. The van der Waals surface area contributed by atoms with Crippen LogP contribution in [-0.4, -0.2) is 17.9 Å². The van der Waals surface area contributed by atoms with Gasteiger partial charge in [-0.05, 0) is 36.0 Å². The molecule has 0 saturated carbocycles. The number of carboxylic acid groups (broad SMARTS) is 3. The molecule has 0 heterocycles. The average Bonchev–Trinajstić information content (AvgIpc) is 2.46. The Morgan fingerprint density at radius 2 is 0.833 bits per heavy atom. The molecule has 24 heavy (non-hydrogen) atoms. The second kappa shape index (κ2) is 7.92. The van der Waals surface area contributed by atoms with Gasteiger partial charge in [-0.25, -0.2) is 0 Å². The monoisotopic (exact) mass is 327 g/mol. The first-order chi connectivity index (χ1) is 11.3. The normalized spacial score (nSPS) is 10.0. The number of carboxylic acids is 3. The summed E-state index contributed by atoms with van der Waals surface area (Å²) in [5.74, 6) is -5.09. The molecule has 1 aromatic carbocycles. The maximum Gasteiger partial charge on any atom is 0.0721 e. The first kappa shape index (κ1) is 18.9. The molecule has 0 N–H and O–H groups in total. The van der Waals surface area contributed by atoms with E-state index in [4.69, 9.17) is 0 Å². The smallest absolute Gasteiger partial charge is 0.0721 e. The van der Waals surface area contributed by atoms with E-state index in [1.54, 1.807) is 0 Å². The predicted octanol–water partition coefficient (Wildman–Crippen LogP) is -1.04. The number of aromatic carboxylic acids is 3. The third-order valence-corrected chi connectivity index (χ3v) is 3.47. The minimum atomic E-state index is -1.70. The summed E-state index contributed by atoms with van der Waals surface area (Å²) in [6.45, 7) is 10.4. The average molecular weight is 327 g/mol. The molecular formula is C18H15O6-3.